The van der Waals surface area contributed by atoms with Crippen LogP contribution >= 0.6 is 0 Å². The van der Waals surface area contributed by atoms with E-state index < -0.39 is 0 Å². The van der Waals surface area contributed by atoms with Crippen LogP contribution in [-0.4, -0.2) is 19.3 Å². The fourth-order valence-electron chi connectivity index (χ4n) is 2.56. The summed E-state index contributed by atoms with van der Waals surface area (Å²) in [6, 6.07) is 0. The van der Waals surface area contributed by atoms with Gasteiger partial charge in [0.2, 0.25) is 0 Å². The Hall–Kier alpha value is -0.275. The van der Waals surface area contributed by atoms with Crippen LogP contribution in [0.5, 0.6) is 0 Å². The summed E-state index contributed by atoms with van der Waals surface area (Å²) >= 11 is 0. The van der Waals surface area contributed by atoms with Crippen molar-refractivity contribution < 1.29 is 9.31 Å². The van der Waals surface area contributed by atoms with E-state index in [0.717, 1.165) is 0 Å². The molecule has 0 aromatic rings. The summed E-state index contributed by atoms with van der Waals surface area (Å²) in [5, 5.41) is 0. The number of hydrogen-bond acceptors (Lipinski definition) is 2. The van der Waals surface area contributed by atoms with Crippen molar-refractivity contribution in [2.24, 2.45) is 11.8 Å². The van der Waals surface area contributed by atoms with E-state index in [1.54, 1.807) is 0 Å². The first-order valence-corrected chi connectivity index (χ1v) is 4.34. The van der Waals surface area contributed by atoms with E-state index in [-0.39, 0.29) is 7.12 Å². The molecule has 1 saturated carbocycles. The predicted molar refractivity (Wildman–Crippen MR) is 42.1 cm³/mol. The van der Waals surface area contributed by atoms with Gasteiger partial charge in [0.05, 0.1) is 12.2 Å². The number of fused-ring (bicyclic) bond motifs is 5. The molecule has 1 heterocycles. The lowest BCUT2D eigenvalue weighted by atomic mass is 9.96. The molecular formula is C8H11BO2. The molecule has 4 atom stereocenters. The molecule has 0 aromatic carbocycles. The van der Waals surface area contributed by atoms with E-state index in [2.05, 4.69) is 12.2 Å². The van der Waals surface area contributed by atoms with Gasteiger partial charge in [-0.2, -0.15) is 0 Å². The van der Waals surface area contributed by atoms with Gasteiger partial charge in [0.25, 0.3) is 0 Å². The van der Waals surface area contributed by atoms with Gasteiger partial charge >= 0.3 is 7.12 Å². The number of hydrogen-bond donors (Lipinski definition) is 0. The first kappa shape index (κ1) is 6.26. The average Bonchev–Trinajstić information content (AvgIpc) is 2.53. The summed E-state index contributed by atoms with van der Waals surface area (Å²) in [7, 11) is 0.0233. The normalized spacial score (nSPS) is 52.3. The second-order valence-corrected chi connectivity index (χ2v) is 3.72. The Morgan fingerprint density at radius 1 is 1.18 bits per heavy atom. The molecule has 0 radical (unpaired) electrons. The molecule has 0 unspecified atom stereocenters. The van der Waals surface area contributed by atoms with Crippen molar-refractivity contribution in [3.05, 3.63) is 12.2 Å². The summed E-state index contributed by atoms with van der Waals surface area (Å²) in [6.45, 7) is 1.98. The van der Waals surface area contributed by atoms with Gasteiger partial charge in [-0.1, -0.05) is 12.2 Å². The Morgan fingerprint density at radius 3 is 2.27 bits per heavy atom. The average molecular weight is 150 g/mol. The fraction of sp³-hybridized carbons (Fsp3) is 0.750. The highest BCUT2D eigenvalue weighted by atomic mass is 16.7. The monoisotopic (exact) mass is 150 g/mol. The zero-order chi connectivity index (χ0) is 7.42. The third-order valence-corrected chi connectivity index (χ3v) is 3.02. The van der Waals surface area contributed by atoms with Gasteiger partial charge in [-0.15, -0.1) is 0 Å². The van der Waals surface area contributed by atoms with Crippen LogP contribution in [0.1, 0.15) is 6.42 Å². The molecule has 1 aliphatic heterocycles. The van der Waals surface area contributed by atoms with Crippen molar-refractivity contribution in [1.82, 2.24) is 0 Å². The van der Waals surface area contributed by atoms with Crippen molar-refractivity contribution in [2.75, 3.05) is 0 Å². The summed E-state index contributed by atoms with van der Waals surface area (Å²) in [5.41, 5.74) is 0. The second-order valence-electron chi connectivity index (χ2n) is 3.72. The third kappa shape index (κ3) is 0.703. The van der Waals surface area contributed by atoms with Gasteiger partial charge in [0, 0.05) is 11.8 Å². The number of rotatable bonds is 0. The van der Waals surface area contributed by atoms with Crippen LogP contribution in [0.25, 0.3) is 0 Å². The molecule has 2 nitrogen and oxygen atoms in total. The molecule has 11 heavy (non-hydrogen) atoms. The van der Waals surface area contributed by atoms with E-state index >= 15 is 0 Å². The summed E-state index contributed by atoms with van der Waals surface area (Å²) in [4.78, 5) is 0. The fourth-order valence-corrected chi connectivity index (χ4v) is 2.56. The third-order valence-electron chi connectivity index (χ3n) is 3.02. The minimum atomic E-state index is 0.0233. The van der Waals surface area contributed by atoms with Crippen LogP contribution in [0, 0.1) is 11.8 Å². The van der Waals surface area contributed by atoms with Gasteiger partial charge in [-0.3, -0.25) is 0 Å². The molecule has 2 bridgehead atoms. The lowest BCUT2D eigenvalue weighted by molar-refractivity contribution is 0.145. The SMILES string of the molecule is CB1O[C@@H]2[C@H](O1)[C@H]1C=C[C@@H]2C1. The lowest BCUT2D eigenvalue weighted by Gasteiger charge is -2.17. The van der Waals surface area contributed by atoms with Crippen molar-refractivity contribution >= 4 is 7.12 Å². The smallest absolute Gasteiger partial charge is 0.405 e. The van der Waals surface area contributed by atoms with Crippen LogP contribution in [-0.2, 0) is 9.31 Å². The largest absolute Gasteiger partial charge is 0.454 e. The molecule has 3 heteroatoms. The highest BCUT2D eigenvalue weighted by Gasteiger charge is 2.51. The van der Waals surface area contributed by atoms with Crippen LogP contribution in [0.4, 0.5) is 0 Å². The molecule has 2 fully saturated rings. The van der Waals surface area contributed by atoms with Crippen LogP contribution in [0.3, 0.4) is 0 Å². The van der Waals surface area contributed by atoms with E-state index in [4.69, 9.17) is 9.31 Å². The lowest BCUT2D eigenvalue weighted by Crippen LogP contribution is -2.26. The molecule has 0 aromatic heterocycles. The predicted octanol–water partition coefficient (Wildman–Crippen LogP) is 1.09. The van der Waals surface area contributed by atoms with Gasteiger partial charge in [-0.05, 0) is 13.2 Å². The first-order valence-electron chi connectivity index (χ1n) is 4.34. The standard InChI is InChI=1S/C8H11BO2/c1-9-10-7-5-2-3-6(4-5)8(7)11-9/h2-3,5-8H,4H2,1H3/t5-,6+,7+,8-. The summed E-state index contributed by atoms with van der Waals surface area (Å²) in [6.07, 6.45) is 6.57. The Kier molecular flexibility index (Phi) is 1.08. The van der Waals surface area contributed by atoms with Gasteiger partial charge in [0.1, 0.15) is 0 Å². The van der Waals surface area contributed by atoms with Crippen LogP contribution in [0.2, 0.25) is 6.82 Å². The van der Waals surface area contributed by atoms with Crippen molar-refractivity contribution in [3.8, 4) is 0 Å². The molecule has 3 aliphatic rings. The molecular weight excluding hydrogens is 139 g/mol. The molecule has 1 saturated heterocycles. The van der Waals surface area contributed by atoms with Crippen molar-refractivity contribution in [3.63, 3.8) is 0 Å². The van der Waals surface area contributed by atoms with E-state index in [9.17, 15) is 0 Å². The van der Waals surface area contributed by atoms with Crippen LogP contribution < -0.4 is 0 Å². The van der Waals surface area contributed by atoms with E-state index in [0.29, 0.717) is 24.0 Å². The highest BCUT2D eigenvalue weighted by molar-refractivity contribution is 6.43. The molecule has 0 N–H and O–H groups in total. The molecule has 3 rings (SSSR count). The quantitative estimate of drug-likeness (QED) is 0.380. The molecule has 0 spiro atoms. The van der Waals surface area contributed by atoms with E-state index in [1.165, 1.54) is 6.42 Å². The van der Waals surface area contributed by atoms with Crippen molar-refractivity contribution in [2.45, 2.75) is 25.5 Å². The van der Waals surface area contributed by atoms with E-state index in [1.807, 2.05) is 6.82 Å². The topological polar surface area (TPSA) is 18.5 Å². The maximum absolute atomic E-state index is 5.65. The van der Waals surface area contributed by atoms with Gasteiger partial charge in [-0.25, -0.2) is 0 Å². The van der Waals surface area contributed by atoms with Gasteiger partial charge in [0.15, 0.2) is 0 Å². The molecule has 0 amide bonds. The highest BCUT2D eigenvalue weighted by Crippen LogP contribution is 2.45. The van der Waals surface area contributed by atoms with Gasteiger partial charge < -0.3 is 9.31 Å². The summed E-state index contributed by atoms with van der Waals surface area (Å²) in [5.74, 6) is 1.30. The first-order chi connectivity index (χ1) is 5.34. The zero-order valence-electron chi connectivity index (χ0n) is 6.57. The summed E-state index contributed by atoms with van der Waals surface area (Å²) < 4.78 is 11.3. The van der Waals surface area contributed by atoms with Crippen molar-refractivity contribution in [1.29, 1.82) is 0 Å². The Bertz CT molecular complexity index is 196. The second kappa shape index (κ2) is 1.90. The van der Waals surface area contributed by atoms with Crippen LogP contribution in [0.15, 0.2) is 12.2 Å². The Labute approximate surface area is 66.7 Å². The molecule has 2 aliphatic carbocycles. The Morgan fingerprint density at radius 2 is 1.73 bits per heavy atom. The minimum absolute atomic E-state index is 0.0233. The maximum atomic E-state index is 5.65. The minimum Gasteiger partial charge on any atom is -0.405 e. The maximum Gasteiger partial charge on any atom is 0.454 e. The molecule has 58 valence electrons. The Balaban J connectivity index is 1.92. The zero-order valence-corrected chi connectivity index (χ0v) is 6.57.